The van der Waals surface area contributed by atoms with E-state index >= 15 is 0 Å². The van der Waals surface area contributed by atoms with E-state index in [-0.39, 0.29) is 29.4 Å². The standard InChI is InChI=1S/C21H13F6N3O/c22-20(23,24)13-3-1-12(2-4-13)17-10-19(30-11-29-17)31-14-5-6-15-16(21(25,26)27)7-8-28-18(15)9-14/h1-7,9-11,28H,8H2. The first-order valence-corrected chi connectivity index (χ1v) is 8.94. The molecule has 3 aromatic rings. The average molecular weight is 437 g/mol. The lowest BCUT2D eigenvalue weighted by atomic mass is 10.00. The summed E-state index contributed by atoms with van der Waals surface area (Å²) in [7, 11) is 0. The first-order valence-electron chi connectivity index (χ1n) is 8.94. The zero-order chi connectivity index (χ0) is 22.2. The largest absolute Gasteiger partial charge is 0.439 e. The zero-order valence-electron chi connectivity index (χ0n) is 15.6. The molecule has 1 aromatic heterocycles. The Morgan fingerprint density at radius 1 is 0.839 bits per heavy atom. The fourth-order valence-electron chi connectivity index (χ4n) is 3.11. The van der Waals surface area contributed by atoms with Gasteiger partial charge in [-0.2, -0.15) is 26.3 Å². The van der Waals surface area contributed by atoms with Gasteiger partial charge in [-0.05, 0) is 24.3 Å². The van der Waals surface area contributed by atoms with E-state index in [1.54, 1.807) is 0 Å². The van der Waals surface area contributed by atoms with Gasteiger partial charge in [-0.25, -0.2) is 9.97 Å². The topological polar surface area (TPSA) is 47.0 Å². The van der Waals surface area contributed by atoms with Crippen LogP contribution in [0.5, 0.6) is 11.6 Å². The Morgan fingerprint density at radius 3 is 2.26 bits per heavy atom. The van der Waals surface area contributed by atoms with E-state index in [2.05, 4.69) is 15.3 Å². The number of nitrogens with zero attached hydrogens (tertiary/aromatic N) is 2. The van der Waals surface area contributed by atoms with Crippen molar-refractivity contribution in [3.05, 3.63) is 72.1 Å². The number of anilines is 1. The molecule has 0 spiro atoms. The van der Waals surface area contributed by atoms with Gasteiger partial charge in [-0.3, -0.25) is 0 Å². The molecule has 0 saturated carbocycles. The summed E-state index contributed by atoms with van der Waals surface area (Å²) < 4.78 is 83.3. The normalized spacial score (nSPS) is 13.8. The minimum atomic E-state index is -4.47. The van der Waals surface area contributed by atoms with Gasteiger partial charge in [0.05, 0.1) is 16.8 Å². The Morgan fingerprint density at radius 2 is 1.58 bits per heavy atom. The maximum absolute atomic E-state index is 13.2. The first kappa shape index (κ1) is 20.7. The number of nitrogens with one attached hydrogen (secondary N) is 1. The van der Waals surface area contributed by atoms with E-state index in [0.29, 0.717) is 11.3 Å². The summed E-state index contributed by atoms with van der Waals surface area (Å²) in [6, 6.07) is 9.98. The van der Waals surface area contributed by atoms with Crippen LogP contribution in [0.4, 0.5) is 32.0 Å². The van der Waals surface area contributed by atoms with Crippen LogP contribution in [0.2, 0.25) is 0 Å². The van der Waals surface area contributed by atoms with Crippen molar-refractivity contribution in [1.29, 1.82) is 0 Å². The second-order valence-electron chi connectivity index (χ2n) is 6.62. The van der Waals surface area contributed by atoms with E-state index in [4.69, 9.17) is 4.74 Å². The summed E-state index contributed by atoms with van der Waals surface area (Å²) in [5.74, 6) is 0.332. The van der Waals surface area contributed by atoms with Gasteiger partial charge in [-0.15, -0.1) is 0 Å². The van der Waals surface area contributed by atoms with Gasteiger partial charge >= 0.3 is 12.4 Å². The summed E-state index contributed by atoms with van der Waals surface area (Å²) in [5.41, 5.74) is -0.469. The summed E-state index contributed by atoms with van der Waals surface area (Å²) in [4.78, 5) is 7.99. The van der Waals surface area contributed by atoms with E-state index in [9.17, 15) is 26.3 Å². The predicted octanol–water partition coefficient (Wildman–Crippen LogP) is 6.33. The van der Waals surface area contributed by atoms with Crippen LogP contribution >= 0.6 is 0 Å². The summed E-state index contributed by atoms with van der Waals surface area (Å²) in [6.07, 6.45) is -6.66. The number of rotatable bonds is 3. The number of alkyl halides is 6. The lowest BCUT2D eigenvalue weighted by Gasteiger charge is -2.21. The smallest absolute Gasteiger partial charge is 0.416 e. The Labute approximate surface area is 172 Å². The van der Waals surface area contributed by atoms with Gasteiger partial charge in [0.2, 0.25) is 5.88 Å². The van der Waals surface area contributed by atoms with Crippen LogP contribution in [0.3, 0.4) is 0 Å². The quantitative estimate of drug-likeness (QED) is 0.487. The van der Waals surface area contributed by atoms with Crippen molar-refractivity contribution in [1.82, 2.24) is 9.97 Å². The molecule has 0 radical (unpaired) electrons. The molecule has 0 saturated heterocycles. The fraction of sp³-hybridized carbons (Fsp3) is 0.143. The van der Waals surface area contributed by atoms with Crippen LogP contribution < -0.4 is 10.1 Å². The number of hydrogen-bond donors (Lipinski definition) is 1. The highest BCUT2D eigenvalue weighted by molar-refractivity contribution is 5.82. The zero-order valence-corrected chi connectivity index (χ0v) is 15.6. The first-order chi connectivity index (χ1) is 14.6. The van der Waals surface area contributed by atoms with Crippen LogP contribution in [-0.2, 0) is 6.18 Å². The van der Waals surface area contributed by atoms with E-state index in [1.807, 2.05) is 0 Å². The fourth-order valence-corrected chi connectivity index (χ4v) is 3.11. The number of benzene rings is 2. The third kappa shape index (κ3) is 4.47. The summed E-state index contributed by atoms with van der Waals surface area (Å²) in [5, 5.41) is 2.86. The van der Waals surface area contributed by atoms with Gasteiger partial charge in [0, 0.05) is 35.5 Å². The van der Waals surface area contributed by atoms with Crippen molar-refractivity contribution in [3.63, 3.8) is 0 Å². The van der Waals surface area contributed by atoms with Gasteiger partial charge in [-0.1, -0.05) is 18.2 Å². The minimum absolute atomic E-state index is 0.0132. The molecule has 4 rings (SSSR count). The van der Waals surface area contributed by atoms with Crippen LogP contribution in [-0.4, -0.2) is 22.7 Å². The Bertz CT molecular complexity index is 1140. The lowest BCUT2D eigenvalue weighted by Crippen LogP contribution is -2.18. The second kappa shape index (κ2) is 7.60. The Balaban J connectivity index is 1.57. The summed E-state index contributed by atoms with van der Waals surface area (Å²) in [6.45, 7) is 0.0247. The van der Waals surface area contributed by atoms with Crippen molar-refractivity contribution in [2.75, 3.05) is 11.9 Å². The summed E-state index contributed by atoms with van der Waals surface area (Å²) >= 11 is 0. The second-order valence-corrected chi connectivity index (χ2v) is 6.62. The number of halogens is 6. The van der Waals surface area contributed by atoms with Crippen LogP contribution in [0.25, 0.3) is 16.8 Å². The molecule has 1 aliphatic heterocycles. The number of fused-ring (bicyclic) bond motifs is 1. The van der Waals surface area contributed by atoms with Gasteiger partial charge in [0.25, 0.3) is 0 Å². The minimum Gasteiger partial charge on any atom is -0.439 e. The molecule has 0 fully saturated rings. The number of aromatic nitrogens is 2. The van der Waals surface area contributed by atoms with Gasteiger partial charge in [0.1, 0.15) is 12.1 Å². The van der Waals surface area contributed by atoms with E-state index < -0.39 is 23.5 Å². The van der Waals surface area contributed by atoms with Crippen molar-refractivity contribution >= 4 is 11.3 Å². The molecule has 10 heteroatoms. The molecule has 2 heterocycles. The molecule has 0 atom stereocenters. The average Bonchev–Trinajstić information content (AvgIpc) is 2.72. The van der Waals surface area contributed by atoms with Crippen molar-refractivity contribution < 1.29 is 31.1 Å². The maximum Gasteiger partial charge on any atom is 0.416 e. The van der Waals surface area contributed by atoms with Crippen LogP contribution in [0.15, 0.2) is 60.9 Å². The van der Waals surface area contributed by atoms with Crippen molar-refractivity contribution in [2.45, 2.75) is 12.4 Å². The molecule has 160 valence electrons. The Hall–Kier alpha value is -3.56. The van der Waals surface area contributed by atoms with Crippen LogP contribution in [0.1, 0.15) is 11.1 Å². The highest BCUT2D eigenvalue weighted by atomic mass is 19.4. The van der Waals surface area contributed by atoms with Crippen molar-refractivity contribution in [3.8, 4) is 22.9 Å². The highest BCUT2D eigenvalue weighted by Gasteiger charge is 2.37. The molecular formula is C21H13F6N3O. The number of allylic oxidation sites excluding steroid dienone is 1. The molecule has 2 aromatic carbocycles. The predicted molar refractivity (Wildman–Crippen MR) is 102 cm³/mol. The number of hydrogen-bond acceptors (Lipinski definition) is 4. The molecule has 0 unspecified atom stereocenters. The van der Waals surface area contributed by atoms with Crippen molar-refractivity contribution in [2.24, 2.45) is 0 Å². The van der Waals surface area contributed by atoms with E-state index in [1.165, 1.54) is 42.7 Å². The third-order valence-corrected chi connectivity index (χ3v) is 4.56. The highest BCUT2D eigenvalue weighted by Crippen LogP contribution is 2.41. The van der Waals surface area contributed by atoms with Gasteiger partial charge in [0.15, 0.2) is 0 Å². The van der Waals surface area contributed by atoms with Gasteiger partial charge < -0.3 is 10.1 Å². The molecule has 31 heavy (non-hydrogen) atoms. The molecule has 0 aliphatic carbocycles. The SMILES string of the molecule is FC(F)(F)C1=CCNc2cc(Oc3cc(-c4ccc(C(F)(F)F)cc4)ncn3)ccc21. The maximum atomic E-state index is 13.2. The third-order valence-electron chi connectivity index (χ3n) is 4.56. The van der Waals surface area contributed by atoms with Crippen LogP contribution in [0, 0.1) is 0 Å². The number of ether oxygens (including phenoxy) is 1. The molecule has 1 aliphatic rings. The molecule has 4 nitrogen and oxygen atoms in total. The Kier molecular flexibility index (Phi) is 5.08. The molecule has 0 amide bonds. The molecule has 1 N–H and O–H groups in total. The monoisotopic (exact) mass is 437 g/mol. The lowest BCUT2D eigenvalue weighted by molar-refractivity contribution is -0.137. The molecule has 0 bridgehead atoms. The molecular weight excluding hydrogens is 424 g/mol. The van der Waals surface area contributed by atoms with E-state index in [0.717, 1.165) is 18.2 Å².